The molecule has 7 heteroatoms. The van der Waals surface area contributed by atoms with Crippen LogP contribution in [0.15, 0.2) is 30.6 Å². The Morgan fingerprint density at radius 1 is 1.30 bits per heavy atom. The van der Waals surface area contributed by atoms with Crippen molar-refractivity contribution >= 4 is 22.8 Å². The van der Waals surface area contributed by atoms with Crippen molar-refractivity contribution in [3.63, 3.8) is 0 Å². The van der Waals surface area contributed by atoms with Crippen LogP contribution < -0.4 is 4.74 Å². The van der Waals surface area contributed by atoms with Gasteiger partial charge in [-0.3, -0.25) is 4.57 Å². The van der Waals surface area contributed by atoms with Crippen LogP contribution in [0.1, 0.15) is 5.82 Å². The van der Waals surface area contributed by atoms with E-state index in [1.807, 2.05) is 0 Å². The summed E-state index contributed by atoms with van der Waals surface area (Å²) in [6.45, 7) is 0. The molecule has 0 aliphatic carbocycles. The van der Waals surface area contributed by atoms with Crippen LogP contribution in [0.4, 0.5) is 4.39 Å². The molecular formula is C13H10ClFN4O. The lowest BCUT2D eigenvalue weighted by Gasteiger charge is -2.07. The zero-order valence-corrected chi connectivity index (χ0v) is 11.3. The van der Waals surface area contributed by atoms with Crippen LogP contribution in [0.5, 0.6) is 5.88 Å². The molecule has 0 N–H and O–H groups in total. The monoisotopic (exact) mass is 292 g/mol. The molecular weight excluding hydrogens is 283 g/mol. The largest absolute Gasteiger partial charge is 0.479 e. The van der Waals surface area contributed by atoms with Gasteiger partial charge in [0.1, 0.15) is 18.0 Å². The highest BCUT2D eigenvalue weighted by atomic mass is 35.5. The molecule has 0 aliphatic heterocycles. The second kappa shape index (κ2) is 5.05. The third kappa shape index (κ3) is 1.89. The lowest BCUT2D eigenvalue weighted by molar-refractivity contribution is 0.401. The minimum absolute atomic E-state index is 0.119. The molecule has 5 nitrogen and oxygen atoms in total. The van der Waals surface area contributed by atoms with Crippen LogP contribution >= 0.6 is 11.6 Å². The number of hydrogen-bond acceptors (Lipinski definition) is 4. The Hall–Kier alpha value is -2.21. The Kier molecular flexibility index (Phi) is 3.23. The Labute approximate surface area is 119 Å². The van der Waals surface area contributed by atoms with Crippen LogP contribution in [-0.4, -0.2) is 26.6 Å². The minimum atomic E-state index is -0.379. The number of alkyl halides is 1. The fraction of sp³-hybridized carbons (Fsp3) is 0.154. The topological polar surface area (TPSA) is 52.8 Å². The average Bonchev–Trinajstić information content (AvgIpc) is 2.86. The molecule has 20 heavy (non-hydrogen) atoms. The maximum atomic E-state index is 14.0. The molecule has 0 aliphatic rings. The van der Waals surface area contributed by atoms with E-state index in [4.69, 9.17) is 16.3 Å². The number of benzene rings is 1. The van der Waals surface area contributed by atoms with Gasteiger partial charge in [0, 0.05) is 0 Å². The third-order valence-electron chi connectivity index (χ3n) is 2.89. The van der Waals surface area contributed by atoms with Crippen molar-refractivity contribution < 1.29 is 9.13 Å². The molecule has 0 saturated carbocycles. The molecule has 0 radical (unpaired) electrons. The number of rotatable bonds is 3. The number of fused-ring (bicyclic) bond motifs is 1. The zero-order chi connectivity index (χ0) is 14.1. The summed E-state index contributed by atoms with van der Waals surface area (Å²) >= 11 is 5.91. The number of aromatic nitrogens is 4. The van der Waals surface area contributed by atoms with Gasteiger partial charge in [-0.25, -0.2) is 14.4 Å². The first-order valence-electron chi connectivity index (χ1n) is 5.83. The number of halogens is 2. The summed E-state index contributed by atoms with van der Waals surface area (Å²) in [5.74, 6) is 0.547. The van der Waals surface area contributed by atoms with Gasteiger partial charge in [-0.15, -0.1) is 11.6 Å². The van der Waals surface area contributed by atoms with Crippen molar-refractivity contribution in [3.8, 4) is 11.6 Å². The van der Waals surface area contributed by atoms with E-state index >= 15 is 0 Å². The van der Waals surface area contributed by atoms with Gasteiger partial charge in [-0.2, -0.15) is 4.98 Å². The average molecular weight is 293 g/mol. The van der Waals surface area contributed by atoms with Gasteiger partial charge in [-0.05, 0) is 12.1 Å². The fourth-order valence-electron chi connectivity index (χ4n) is 2.04. The standard InChI is InChI=1S/C13H10ClFN4O/c1-20-13-11-12(16-7-17-13)19(10(6-14)18-11)9-5-3-2-4-8(9)15/h2-5,7H,6H2,1H3. The van der Waals surface area contributed by atoms with Crippen LogP contribution in [0.25, 0.3) is 16.9 Å². The van der Waals surface area contributed by atoms with Gasteiger partial charge in [0.05, 0.1) is 18.7 Å². The highest BCUT2D eigenvalue weighted by Gasteiger charge is 2.18. The molecule has 0 unspecified atom stereocenters. The summed E-state index contributed by atoms with van der Waals surface area (Å²) in [7, 11) is 1.49. The normalized spacial score (nSPS) is 10.9. The van der Waals surface area contributed by atoms with E-state index in [-0.39, 0.29) is 11.7 Å². The van der Waals surface area contributed by atoms with Gasteiger partial charge in [0.15, 0.2) is 11.2 Å². The smallest absolute Gasteiger partial charge is 0.245 e. The molecule has 3 aromatic rings. The highest BCUT2D eigenvalue weighted by molar-refractivity contribution is 6.17. The predicted octanol–water partition coefficient (Wildman–Crippen LogP) is 2.70. The molecule has 1 aromatic carbocycles. The SMILES string of the molecule is COc1ncnc2c1nc(CCl)n2-c1ccccc1F. The van der Waals surface area contributed by atoms with E-state index in [9.17, 15) is 4.39 Å². The van der Waals surface area contributed by atoms with Gasteiger partial charge in [-0.1, -0.05) is 12.1 Å². The molecule has 0 fully saturated rings. The summed E-state index contributed by atoms with van der Waals surface area (Å²) in [6, 6.07) is 6.37. The second-order valence-corrected chi connectivity index (χ2v) is 4.27. The van der Waals surface area contributed by atoms with Crippen molar-refractivity contribution in [2.45, 2.75) is 5.88 Å². The molecule has 2 aromatic heterocycles. The highest BCUT2D eigenvalue weighted by Crippen LogP contribution is 2.26. The van der Waals surface area contributed by atoms with Crippen molar-refractivity contribution in [2.24, 2.45) is 0 Å². The molecule has 3 rings (SSSR count). The van der Waals surface area contributed by atoms with E-state index < -0.39 is 0 Å². The molecule has 0 spiro atoms. The van der Waals surface area contributed by atoms with E-state index in [0.717, 1.165) is 0 Å². The lowest BCUT2D eigenvalue weighted by Crippen LogP contribution is -2.03. The molecule has 0 saturated heterocycles. The van der Waals surface area contributed by atoms with E-state index in [2.05, 4.69) is 15.0 Å². The Morgan fingerprint density at radius 2 is 2.10 bits per heavy atom. The summed E-state index contributed by atoms with van der Waals surface area (Å²) in [5.41, 5.74) is 1.25. The molecule has 2 heterocycles. The number of imidazole rings is 1. The van der Waals surface area contributed by atoms with Crippen LogP contribution in [-0.2, 0) is 5.88 Å². The predicted molar refractivity (Wildman–Crippen MR) is 72.7 cm³/mol. The Morgan fingerprint density at radius 3 is 2.80 bits per heavy atom. The lowest BCUT2D eigenvalue weighted by atomic mass is 10.3. The second-order valence-electron chi connectivity index (χ2n) is 4.00. The first-order chi connectivity index (χ1) is 9.76. The van der Waals surface area contributed by atoms with Crippen molar-refractivity contribution in [1.29, 1.82) is 0 Å². The molecule has 102 valence electrons. The summed E-state index contributed by atoms with van der Waals surface area (Å²) in [4.78, 5) is 12.5. The summed E-state index contributed by atoms with van der Waals surface area (Å²) < 4.78 is 20.7. The van der Waals surface area contributed by atoms with Crippen molar-refractivity contribution in [1.82, 2.24) is 19.5 Å². The van der Waals surface area contributed by atoms with E-state index in [1.165, 1.54) is 19.5 Å². The maximum Gasteiger partial charge on any atom is 0.245 e. The Balaban J connectivity index is 2.37. The van der Waals surface area contributed by atoms with E-state index in [0.29, 0.717) is 28.6 Å². The van der Waals surface area contributed by atoms with Gasteiger partial charge in [0.25, 0.3) is 0 Å². The molecule has 0 amide bonds. The van der Waals surface area contributed by atoms with E-state index in [1.54, 1.807) is 22.8 Å². The summed E-state index contributed by atoms with van der Waals surface area (Å²) in [6.07, 6.45) is 1.35. The van der Waals surface area contributed by atoms with Gasteiger partial charge in [0.2, 0.25) is 5.88 Å². The van der Waals surface area contributed by atoms with Gasteiger partial charge >= 0.3 is 0 Å². The molecule has 0 bridgehead atoms. The van der Waals surface area contributed by atoms with Crippen LogP contribution in [0, 0.1) is 5.82 Å². The Bertz CT molecular complexity index is 774. The van der Waals surface area contributed by atoms with Crippen molar-refractivity contribution in [2.75, 3.05) is 7.11 Å². The minimum Gasteiger partial charge on any atom is -0.479 e. The number of hydrogen-bond donors (Lipinski definition) is 0. The van der Waals surface area contributed by atoms with Crippen LogP contribution in [0.3, 0.4) is 0 Å². The molecule has 0 atom stereocenters. The number of ether oxygens (including phenoxy) is 1. The number of nitrogens with zero attached hydrogens (tertiary/aromatic N) is 4. The third-order valence-corrected chi connectivity index (χ3v) is 3.13. The van der Waals surface area contributed by atoms with Gasteiger partial charge < -0.3 is 4.74 Å². The first-order valence-corrected chi connectivity index (χ1v) is 6.37. The zero-order valence-electron chi connectivity index (χ0n) is 10.5. The first kappa shape index (κ1) is 12.8. The quantitative estimate of drug-likeness (QED) is 0.697. The number of methoxy groups -OCH3 is 1. The van der Waals surface area contributed by atoms with Crippen LogP contribution in [0.2, 0.25) is 0 Å². The summed E-state index contributed by atoms with van der Waals surface area (Å²) in [5, 5.41) is 0. The fourth-order valence-corrected chi connectivity index (χ4v) is 2.22. The van der Waals surface area contributed by atoms with Crippen molar-refractivity contribution in [3.05, 3.63) is 42.2 Å². The number of para-hydroxylation sites is 1. The maximum absolute atomic E-state index is 14.0.